The topological polar surface area (TPSA) is 67.8 Å². The molecule has 1 heterocycles. The molecule has 0 amide bonds. The molecule has 0 bridgehead atoms. The first-order valence-corrected chi connectivity index (χ1v) is 9.90. The maximum absolute atomic E-state index is 5.78. The number of aliphatic imine (C=N–C) groups is 1. The maximum atomic E-state index is 5.78. The van der Waals surface area contributed by atoms with E-state index in [0.29, 0.717) is 19.8 Å². The molecule has 0 atom stereocenters. The molecule has 0 aliphatic carbocycles. The Balaban J connectivity index is 1.69. The first kappa shape index (κ1) is 20.6. The lowest BCUT2D eigenvalue weighted by molar-refractivity contribution is 0.172. The Morgan fingerprint density at radius 3 is 2.83 bits per heavy atom. The number of pyridine rings is 1. The molecule has 6 nitrogen and oxygen atoms in total. The number of para-hydroxylation sites is 1. The second-order valence-electron chi connectivity index (χ2n) is 6.53. The van der Waals surface area contributed by atoms with Gasteiger partial charge < -0.3 is 20.1 Å². The van der Waals surface area contributed by atoms with Gasteiger partial charge in [0.1, 0.15) is 5.75 Å². The highest BCUT2D eigenvalue weighted by atomic mass is 16.5. The van der Waals surface area contributed by atoms with E-state index in [2.05, 4.69) is 21.7 Å². The molecule has 0 unspecified atom stereocenters. The fraction of sp³-hybridized carbons (Fsp3) is 0.304. The Bertz CT molecular complexity index is 938. The van der Waals surface area contributed by atoms with Gasteiger partial charge in [0.15, 0.2) is 5.96 Å². The number of anilines is 1. The van der Waals surface area contributed by atoms with Gasteiger partial charge >= 0.3 is 0 Å². The third-order valence-corrected chi connectivity index (χ3v) is 4.35. The summed E-state index contributed by atoms with van der Waals surface area (Å²) in [7, 11) is 1.70. The number of benzene rings is 2. The number of rotatable bonds is 9. The highest BCUT2D eigenvalue weighted by Crippen LogP contribution is 2.19. The molecule has 152 valence electrons. The van der Waals surface area contributed by atoms with Crippen LogP contribution in [-0.4, -0.2) is 37.8 Å². The van der Waals surface area contributed by atoms with E-state index < -0.39 is 0 Å². The van der Waals surface area contributed by atoms with Crippen LogP contribution >= 0.6 is 0 Å². The van der Waals surface area contributed by atoms with Crippen molar-refractivity contribution in [1.82, 2.24) is 10.3 Å². The highest BCUT2D eigenvalue weighted by Gasteiger charge is 2.04. The summed E-state index contributed by atoms with van der Waals surface area (Å²) < 4.78 is 10.8. The van der Waals surface area contributed by atoms with Gasteiger partial charge in [0.25, 0.3) is 0 Å². The average Bonchev–Trinajstić information content (AvgIpc) is 2.75. The number of aromatic nitrogens is 1. The molecule has 3 rings (SSSR count). The summed E-state index contributed by atoms with van der Waals surface area (Å²) in [5.41, 5.74) is 3.05. The molecule has 0 saturated carbocycles. The SMILES string of the molecule is CCNC(=NCc1ccnc2ccccc12)Nc1cccc(OCCCOC)c1. The number of ether oxygens (including phenoxy) is 2. The van der Waals surface area contributed by atoms with E-state index >= 15 is 0 Å². The zero-order valence-corrected chi connectivity index (χ0v) is 17.0. The van der Waals surface area contributed by atoms with Gasteiger partial charge in [0, 0.05) is 50.0 Å². The molecule has 0 fully saturated rings. The third-order valence-electron chi connectivity index (χ3n) is 4.35. The van der Waals surface area contributed by atoms with Gasteiger partial charge in [0.2, 0.25) is 0 Å². The van der Waals surface area contributed by atoms with Crippen LogP contribution in [0.5, 0.6) is 5.75 Å². The van der Waals surface area contributed by atoms with E-state index in [4.69, 9.17) is 14.5 Å². The molecule has 0 radical (unpaired) electrons. The van der Waals surface area contributed by atoms with Crippen molar-refractivity contribution in [3.05, 3.63) is 66.4 Å². The average molecular weight is 393 g/mol. The largest absolute Gasteiger partial charge is 0.493 e. The molecular weight excluding hydrogens is 364 g/mol. The van der Waals surface area contributed by atoms with Crippen LogP contribution in [-0.2, 0) is 11.3 Å². The van der Waals surface area contributed by atoms with Gasteiger partial charge in [-0.1, -0.05) is 24.3 Å². The van der Waals surface area contributed by atoms with Crippen LogP contribution in [0.2, 0.25) is 0 Å². The minimum atomic E-state index is 0.561. The second kappa shape index (κ2) is 11.0. The van der Waals surface area contributed by atoms with Crippen LogP contribution in [0.1, 0.15) is 18.9 Å². The smallest absolute Gasteiger partial charge is 0.196 e. The predicted molar refractivity (Wildman–Crippen MR) is 119 cm³/mol. The monoisotopic (exact) mass is 392 g/mol. The first-order valence-electron chi connectivity index (χ1n) is 9.90. The summed E-state index contributed by atoms with van der Waals surface area (Å²) >= 11 is 0. The van der Waals surface area contributed by atoms with Crippen LogP contribution in [0.15, 0.2) is 65.8 Å². The van der Waals surface area contributed by atoms with Gasteiger partial charge in [-0.3, -0.25) is 4.98 Å². The lowest BCUT2D eigenvalue weighted by Gasteiger charge is -2.13. The minimum Gasteiger partial charge on any atom is -0.493 e. The van der Waals surface area contributed by atoms with Crippen LogP contribution in [0.3, 0.4) is 0 Å². The zero-order chi connectivity index (χ0) is 20.3. The molecule has 0 saturated heterocycles. The maximum Gasteiger partial charge on any atom is 0.196 e. The predicted octanol–water partition coefficient (Wildman–Crippen LogP) is 4.23. The third kappa shape index (κ3) is 6.19. The van der Waals surface area contributed by atoms with Crippen molar-refractivity contribution in [3.8, 4) is 5.75 Å². The molecule has 6 heteroatoms. The molecule has 2 N–H and O–H groups in total. The van der Waals surface area contributed by atoms with Crippen molar-refractivity contribution in [2.45, 2.75) is 19.9 Å². The molecular formula is C23H28N4O2. The van der Waals surface area contributed by atoms with Gasteiger partial charge in [-0.25, -0.2) is 4.99 Å². The van der Waals surface area contributed by atoms with Gasteiger partial charge in [0.05, 0.1) is 18.7 Å². The molecule has 1 aromatic heterocycles. The molecule has 0 aliphatic heterocycles. The van der Waals surface area contributed by atoms with Crippen molar-refractivity contribution >= 4 is 22.5 Å². The van der Waals surface area contributed by atoms with Crippen molar-refractivity contribution in [2.75, 3.05) is 32.2 Å². The number of guanidine groups is 1. The van der Waals surface area contributed by atoms with E-state index in [0.717, 1.165) is 46.8 Å². The fourth-order valence-corrected chi connectivity index (χ4v) is 2.96. The van der Waals surface area contributed by atoms with E-state index in [1.165, 1.54) is 0 Å². The van der Waals surface area contributed by atoms with Gasteiger partial charge in [-0.15, -0.1) is 0 Å². The summed E-state index contributed by atoms with van der Waals surface area (Å²) in [6.45, 7) is 4.70. The Hall–Kier alpha value is -3.12. The second-order valence-corrected chi connectivity index (χ2v) is 6.53. The number of hydrogen-bond acceptors (Lipinski definition) is 4. The Morgan fingerprint density at radius 2 is 1.97 bits per heavy atom. The quantitative estimate of drug-likeness (QED) is 0.324. The Labute approximate surface area is 172 Å². The minimum absolute atomic E-state index is 0.561. The van der Waals surface area contributed by atoms with Crippen LogP contribution in [0.25, 0.3) is 10.9 Å². The molecule has 0 aliphatic rings. The van der Waals surface area contributed by atoms with Gasteiger partial charge in [-0.2, -0.15) is 0 Å². The van der Waals surface area contributed by atoms with Crippen LogP contribution < -0.4 is 15.4 Å². The van der Waals surface area contributed by atoms with E-state index in [9.17, 15) is 0 Å². The highest BCUT2D eigenvalue weighted by molar-refractivity contribution is 5.94. The number of nitrogens with zero attached hydrogens (tertiary/aromatic N) is 2. The number of nitrogens with one attached hydrogen (secondary N) is 2. The first-order chi connectivity index (χ1) is 14.3. The Kier molecular flexibility index (Phi) is 7.83. The summed E-state index contributed by atoms with van der Waals surface area (Å²) in [6.07, 6.45) is 2.69. The summed E-state index contributed by atoms with van der Waals surface area (Å²) in [5, 5.41) is 7.78. The Morgan fingerprint density at radius 1 is 1.07 bits per heavy atom. The van der Waals surface area contributed by atoms with E-state index in [1.54, 1.807) is 7.11 Å². The normalized spacial score (nSPS) is 11.4. The number of methoxy groups -OCH3 is 1. The molecule has 0 spiro atoms. The molecule has 29 heavy (non-hydrogen) atoms. The molecule has 2 aromatic carbocycles. The summed E-state index contributed by atoms with van der Waals surface area (Å²) in [6, 6.07) is 18.0. The van der Waals surface area contributed by atoms with Gasteiger partial charge in [-0.05, 0) is 36.8 Å². The van der Waals surface area contributed by atoms with Crippen molar-refractivity contribution in [3.63, 3.8) is 0 Å². The van der Waals surface area contributed by atoms with E-state index in [1.807, 2.05) is 61.7 Å². The lowest BCUT2D eigenvalue weighted by atomic mass is 10.1. The number of hydrogen-bond donors (Lipinski definition) is 2. The standard InChI is InChI=1S/C23H28N4O2/c1-3-24-23(26-17-18-12-13-25-22-11-5-4-10-21(18)22)27-19-8-6-9-20(16-19)29-15-7-14-28-2/h4-6,8-13,16H,3,7,14-15,17H2,1-2H3,(H2,24,26,27). The lowest BCUT2D eigenvalue weighted by Crippen LogP contribution is -2.30. The van der Waals surface area contributed by atoms with E-state index in [-0.39, 0.29) is 0 Å². The fourth-order valence-electron chi connectivity index (χ4n) is 2.96. The summed E-state index contributed by atoms with van der Waals surface area (Å²) in [4.78, 5) is 9.17. The zero-order valence-electron chi connectivity index (χ0n) is 17.0. The summed E-state index contributed by atoms with van der Waals surface area (Å²) in [5.74, 6) is 1.55. The van der Waals surface area contributed by atoms with Crippen LogP contribution in [0.4, 0.5) is 5.69 Å². The molecule has 3 aromatic rings. The van der Waals surface area contributed by atoms with Crippen LogP contribution in [0, 0.1) is 0 Å². The van der Waals surface area contributed by atoms with Crippen molar-refractivity contribution in [2.24, 2.45) is 4.99 Å². The van der Waals surface area contributed by atoms with Crippen molar-refractivity contribution in [1.29, 1.82) is 0 Å². The number of fused-ring (bicyclic) bond motifs is 1. The van der Waals surface area contributed by atoms with Crippen molar-refractivity contribution < 1.29 is 9.47 Å².